The molecule has 0 spiro atoms. The van der Waals surface area contributed by atoms with Gasteiger partial charge in [-0.2, -0.15) is 0 Å². The van der Waals surface area contributed by atoms with E-state index in [2.05, 4.69) is 17.2 Å². The lowest BCUT2D eigenvalue weighted by molar-refractivity contribution is -0.139. The Balaban J connectivity index is 0.000000231. The minimum absolute atomic E-state index is 0.104. The number of alkyl carbamates (subject to hydrolysis) is 1. The van der Waals surface area contributed by atoms with Crippen molar-refractivity contribution in [3.63, 3.8) is 0 Å². The fourth-order valence-electron chi connectivity index (χ4n) is 4.17. The molecule has 6 heteroatoms. The van der Waals surface area contributed by atoms with Crippen molar-refractivity contribution in [2.45, 2.75) is 95.4 Å². The minimum atomic E-state index is -1.12. The lowest BCUT2D eigenvalue weighted by Crippen LogP contribution is -2.40. The van der Waals surface area contributed by atoms with Crippen LogP contribution < -0.4 is 10.6 Å². The third-order valence-corrected chi connectivity index (χ3v) is 5.89. The summed E-state index contributed by atoms with van der Waals surface area (Å²) in [6.07, 6.45) is 15.4. The van der Waals surface area contributed by atoms with E-state index >= 15 is 0 Å². The molecule has 3 rings (SSSR count). The van der Waals surface area contributed by atoms with Crippen LogP contribution >= 0.6 is 0 Å². The van der Waals surface area contributed by atoms with Crippen LogP contribution in [0, 0.1) is 0 Å². The summed E-state index contributed by atoms with van der Waals surface area (Å²) in [5, 5.41) is 14.9. The Hall–Kier alpha value is -2.34. The van der Waals surface area contributed by atoms with E-state index in [1.165, 1.54) is 70.3 Å². The van der Waals surface area contributed by atoms with E-state index in [-0.39, 0.29) is 13.0 Å². The smallest absolute Gasteiger partial charge is 0.408 e. The highest BCUT2D eigenvalue weighted by molar-refractivity contribution is 5.80. The highest BCUT2D eigenvalue weighted by atomic mass is 16.5. The number of carbonyl (C=O) groups excluding carboxylic acids is 1. The van der Waals surface area contributed by atoms with Gasteiger partial charge in [0.2, 0.25) is 0 Å². The van der Waals surface area contributed by atoms with Crippen molar-refractivity contribution in [2.75, 3.05) is 0 Å². The van der Waals surface area contributed by atoms with Crippen molar-refractivity contribution >= 4 is 12.1 Å². The largest absolute Gasteiger partial charge is 0.480 e. The molecule has 0 bridgehead atoms. The Morgan fingerprint density at radius 3 is 2.03 bits per heavy atom. The van der Waals surface area contributed by atoms with Crippen molar-refractivity contribution in [1.29, 1.82) is 0 Å². The molecule has 0 aliphatic heterocycles. The summed E-state index contributed by atoms with van der Waals surface area (Å²) in [5.74, 6) is -1.12. The fraction of sp³-hybridized carbons (Fsp3) is 0.600. The predicted molar refractivity (Wildman–Crippen MR) is 123 cm³/mol. The number of aliphatic carboxylic acids is 1. The van der Waals surface area contributed by atoms with E-state index in [0.29, 0.717) is 0 Å². The van der Waals surface area contributed by atoms with Gasteiger partial charge in [-0.25, -0.2) is 9.59 Å². The number of hydrogen-bond donors (Lipinski definition) is 3. The van der Waals surface area contributed by atoms with Gasteiger partial charge in [0.1, 0.15) is 12.6 Å². The number of carboxylic acids is 1. The maximum absolute atomic E-state index is 11.4. The van der Waals surface area contributed by atoms with E-state index in [1.54, 1.807) is 0 Å². The normalized spacial score (nSPS) is 18.2. The predicted octanol–water partition coefficient (Wildman–Crippen LogP) is 5.18. The average molecular weight is 431 g/mol. The Labute approximate surface area is 186 Å². The number of carboxylic acid groups (broad SMARTS) is 1. The second-order valence-electron chi connectivity index (χ2n) is 8.46. The van der Waals surface area contributed by atoms with Crippen LogP contribution in [0.3, 0.4) is 0 Å². The molecule has 31 heavy (non-hydrogen) atoms. The second-order valence-corrected chi connectivity index (χ2v) is 8.46. The number of carbonyl (C=O) groups is 2. The Morgan fingerprint density at radius 2 is 1.55 bits per heavy atom. The Bertz CT molecular complexity index is 637. The molecule has 172 valence electrons. The summed E-state index contributed by atoms with van der Waals surface area (Å²) in [7, 11) is 0. The molecule has 2 saturated carbocycles. The van der Waals surface area contributed by atoms with E-state index in [0.717, 1.165) is 17.6 Å². The first-order valence-corrected chi connectivity index (χ1v) is 11.7. The van der Waals surface area contributed by atoms with Gasteiger partial charge in [0.05, 0.1) is 0 Å². The zero-order valence-corrected chi connectivity index (χ0v) is 18.6. The van der Waals surface area contributed by atoms with Crippen LogP contribution in [0.4, 0.5) is 4.79 Å². The van der Waals surface area contributed by atoms with Crippen LogP contribution in [0.1, 0.15) is 76.2 Å². The molecule has 0 heterocycles. The van der Waals surface area contributed by atoms with Gasteiger partial charge < -0.3 is 20.5 Å². The molecule has 0 radical (unpaired) electrons. The summed E-state index contributed by atoms with van der Waals surface area (Å²) < 4.78 is 4.91. The highest BCUT2D eigenvalue weighted by Gasteiger charge is 2.20. The van der Waals surface area contributed by atoms with Crippen LogP contribution in [0.2, 0.25) is 0 Å². The first-order chi connectivity index (χ1) is 15.1. The van der Waals surface area contributed by atoms with Gasteiger partial charge in [0, 0.05) is 12.1 Å². The molecular weight excluding hydrogens is 392 g/mol. The third-order valence-electron chi connectivity index (χ3n) is 5.89. The molecule has 0 unspecified atom stereocenters. The molecule has 1 aromatic rings. The van der Waals surface area contributed by atoms with Gasteiger partial charge in [-0.05, 0) is 37.7 Å². The van der Waals surface area contributed by atoms with Gasteiger partial charge in [0.25, 0.3) is 0 Å². The molecule has 2 fully saturated rings. The second kappa shape index (κ2) is 14.6. The van der Waals surface area contributed by atoms with Gasteiger partial charge in [0.15, 0.2) is 0 Å². The first-order valence-electron chi connectivity index (χ1n) is 11.7. The number of nitrogens with one attached hydrogen (secondary N) is 2. The Morgan fingerprint density at radius 1 is 1.00 bits per heavy atom. The minimum Gasteiger partial charge on any atom is -0.480 e. The fourth-order valence-corrected chi connectivity index (χ4v) is 4.17. The van der Waals surface area contributed by atoms with Crippen LogP contribution in [0.15, 0.2) is 43.0 Å². The molecule has 6 nitrogen and oxygen atoms in total. The number of hydrogen-bond acceptors (Lipinski definition) is 4. The summed E-state index contributed by atoms with van der Waals surface area (Å²) in [6, 6.07) is 9.87. The van der Waals surface area contributed by atoms with E-state index in [4.69, 9.17) is 9.84 Å². The molecule has 1 aromatic carbocycles. The van der Waals surface area contributed by atoms with Gasteiger partial charge in [-0.1, -0.05) is 74.9 Å². The van der Waals surface area contributed by atoms with Crippen LogP contribution in [0.25, 0.3) is 0 Å². The monoisotopic (exact) mass is 430 g/mol. The standard InChI is InChI=1S/C13H15NO4.C12H23N/c1-2-6-11(12(15)16)14-13(17)18-9-10-7-4-3-5-8-10;1-3-7-11(8-4-1)13-12-9-5-2-6-10-12/h2-5,7-8,11H,1,6,9H2,(H,14,17)(H,15,16);11-13H,1-10H2/t11-;/m0./s1. The molecule has 0 aromatic heterocycles. The maximum atomic E-state index is 11.4. The summed E-state index contributed by atoms with van der Waals surface area (Å²) >= 11 is 0. The molecule has 0 saturated heterocycles. The van der Waals surface area contributed by atoms with Crippen molar-refractivity contribution < 1.29 is 19.4 Å². The van der Waals surface area contributed by atoms with Crippen molar-refractivity contribution in [2.24, 2.45) is 0 Å². The van der Waals surface area contributed by atoms with Gasteiger partial charge in [-0.3, -0.25) is 0 Å². The number of benzene rings is 1. The molecular formula is C25H38N2O4. The molecule has 1 amide bonds. The number of amides is 1. The summed E-state index contributed by atoms with van der Waals surface area (Å²) in [4.78, 5) is 22.2. The number of rotatable bonds is 8. The number of ether oxygens (including phenoxy) is 1. The van der Waals surface area contributed by atoms with E-state index in [9.17, 15) is 9.59 Å². The summed E-state index contributed by atoms with van der Waals surface area (Å²) in [5.41, 5.74) is 0.836. The topological polar surface area (TPSA) is 87.7 Å². The van der Waals surface area contributed by atoms with E-state index in [1.807, 2.05) is 30.3 Å². The third kappa shape index (κ3) is 10.5. The van der Waals surface area contributed by atoms with Crippen LogP contribution in [-0.4, -0.2) is 35.3 Å². The summed E-state index contributed by atoms with van der Waals surface area (Å²) in [6.45, 7) is 3.53. The van der Waals surface area contributed by atoms with Crippen LogP contribution in [-0.2, 0) is 16.1 Å². The SMILES string of the molecule is C1CCC(NC2CCCCC2)CC1.C=CC[C@H](NC(=O)OCc1ccccc1)C(=O)O. The molecule has 2 aliphatic rings. The van der Waals surface area contributed by atoms with Crippen molar-refractivity contribution in [1.82, 2.24) is 10.6 Å². The zero-order valence-electron chi connectivity index (χ0n) is 18.6. The highest BCUT2D eigenvalue weighted by Crippen LogP contribution is 2.22. The zero-order chi connectivity index (χ0) is 22.3. The lowest BCUT2D eigenvalue weighted by Gasteiger charge is -2.30. The first kappa shape index (κ1) is 24.9. The van der Waals surface area contributed by atoms with Crippen molar-refractivity contribution in [3.05, 3.63) is 48.6 Å². The van der Waals surface area contributed by atoms with Crippen molar-refractivity contribution in [3.8, 4) is 0 Å². The maximum Gasteiger partial charge on any atom is 0.408 e. The lowest BCUT2D eigenvalue weighted by atomic mass is 9.91. The molecule has 3 N–H and O–H groups in total. The van der Waals surface area contributed by atoms with Crippen LogP contribution in [0.5, 0.6) is 0 Å². The average Bonchev–Trinajstić information content (AvgIpc) is 2.80. The Kier molecular flexibility index (Phi) is 11.8. The van der Waals surface area contributed by atoms with E-state index < -0.39 is 18.1 Å². The van der Waals surface area contributed by atoms with Gasteiger partial charge >= 0.3 is 12.1 Å². The molecule has 1 atom stereocenters. The molecule has 2 aliphatic carbocycles. The van der Waals surface area contributed by atoms with Gasteiger partial charge in [-0.15, -0.1) is 6.58 Å². The quantitative estimate of drug-likeness (QED) is 0.494.